The number of nitrogens with zero attached hydrogens (tertiary/aromatic N) is 3. The van der Waals surface area contributed by atoms with Gasteiger partial charge in [-0.15, -0.1) is 0 Å². The molecule has 9 heteroatoms. The molecule has 100 valence electrons. The molecule has 0 aromatic carbocycles. The SMILES string of the molecule is O=[N+]([O-])c1ncc(Cl)cc1O.Oc1cncc(Cl)c1. The van der Waals surface area contributed by atoms with Gasteiger partial charge in [0.15, 0.2) is 6.20 Å². The number of rotatable bonds is 1. The lowest BCUT2D eigenvalue weighted by Gasteiger charge is -1.93. The van der Waals surface area contributed by atoms with Gasteiger partial charge in [-0.25, -0.2) is 0 Å². The second kappa shape index (κ2) is 6.72. The van der Waals surface area contributed by atoms with E-state index in [1.54, 1.807) is 0 Å². The molecule has 0 fully saturated rings. The Balaban J connectivity index is 0.000000200. The highest BCUT2D eigenvalue weighted by Gasteiger charge is 2.13. The maximum Gasteiger partial charge on any atom is 0.406 e. The summed E-state index contributed by atoms with van der Waals surface area (Å²) in [4.78, 5) is 16.2. The molecule has 2 N–H and O–H groups in total. The monoisotopic (exact) mass is 303 g/mol. The molecule has 0 unspecified atom stereocenters. The van der Waals surface area contributed by atoms with Gasteiger partial charge in [0.1, 0.15) is 5.75 Å². The van der Waals surface area contributed by atoms with E-state index < -0.39 is 16.5 Å². The van der Waals surface area contributed by atoms with Crippen LogP contribution in [0.2, 0.25) is 10.0 Å². The molecule has 0 saturated heterocycles. The van der Waals surface area contributed by atoms with Crippen molar-refractivity contribution in [3.05, 3.63) is 50.9 Å². The van der Waals surface area contributed by atoms with Gasteiger partial charge in [0.2, 0.25) is 5.75 Å². The fourth-order valence-electron chi connectivity index (χ4n) is 0.963. The van der Waals surface area contributed by atoms with Crippen LogP contribution in [-0.4, -0.2) is 25.1 Å². The molecular formula is C10H7Cl2N3O4. The van der Waals surface area contributed by atoms with Gasteiger partial charge in [-0.3, -0.25) is 4.98 Å². The van der Waals surface area contributed by atoms with Crippen LogP contribution >= 0.6 is 23.2 Å². The van der Waals surface area contributed by atoms with Crippen LogP contribution in [0.3, 0.4) is 0 Å². The first-order valence-electron chi connectivity index (χ1n) is 4.68. The molecule has 2 heterocycles. The van der Waals surface area contributed by atoms with Crippen molar-refractivity contribution in [3.63, 3.8) is 0 Å². The standard InChI is InChI=1S/C5H3ClN2O3.C5H4ClNO/c6-3-1-4(9)5(7-2-3)8(10)11;6-4-1-5(8)3-7-2-4/h1-2,9H;1-3,8H. The minimum absolute atomic E-state index is 0.0949. The van der Waals surface area contributed by atoms with Crippen molar-refractivity contribution in [1.82, 2.24) is 9.97 Å². The van der Waals surface area contributed by atoms with Crippen molar-refractivity contribution < 1.29 is 15.1 Å². The predicted octanol–water partition coefficient (Wildman–Crippen LogP) is 2.79. The molecule has 0 aliphatic heterocycles. The van der Waals surface area contributed by atoms with Crippen LogP contribution in [0.25, 0.3) is 0 Å². The zero-order valence-corrected chi connectivity index (χ0v) is 10.7. The fourth-order valence-corrected chi connectivity index (χ4v) is 1.28. The molecule has 0 saturated carbocycles. The number of pyridine rings is 2. The third kappa shape index (κ3) is 4.94. The summed E-state index contributed by atoms with van der Waals surface area (Å²) < 4.78 is 0. The number of hydrogen-bond acceptors (Lipinski definition) is 6. The van der Waals surface area contributed by atoms with E-state index in [1.807, 2.05) is 0 Å². The predicted molar refractivity (Wildman–Crippen MR) is 68.5 cm³/mol. The van der Waals surface area contributed by atoms with Crippen molar-refractivity contribution in [2.24, 2.45) is 0 Å². The fraction of sp³-hybridized carbons (Fsp3) is 0. The normalized spacial score (nSPS) is 9.37. The average molecular weight is 304 g/mol. The van der Waals surface area contributed by atoms with Crippen LogP contribution in [0, 0.1) is 10.1 Å². The third-order valence-electron chi connectivity index (χ3n) is 1.68. The van der Waals surface area contributed by atoms with Gasteiger partial charge in [-0.2, -0.15) is 0 Å². The van der Waals surface area contributed by atoms with Gasteiger partial charge >= 0.3 is 5.82 Å². The molecule has 0 aliphatic rings. The van der Waals surface area contributed by atoms with Crippen molar-refractivity contribution >= 4 is 29.0 Å². The van der Waals surface area contributed by atoms with Gasteiger partial charge in [-0.05, 0) is 9.91 Å². The summed E-state index contributed by atoms with van der Waals surface area (Å²) in [7, 11) is 0. The summed E-state index contributed by atoms with van der Waals surface area (Å²) >= 11 is 10.8. The lowest BCUT2D eigenvalue weighted by Crippen LogP contribution is -1.91. The van der Waals surface area contributed by atoms with Crippen molar-refractivity contribution in [2.75, 3.05) is 0 Å². The molecule has 2 aromatic rings. The molecule has 0 spiro atoms. The topological polar surface area (TPSA) is 109 Å². The Hall–Kier alpha value is -2.12. The zero-order valence-electron chi connectivity index (χ0n) is 9.20. The van der Waals surface area contributed by atoms with Crippen molar-refractivity contribution in [2.45, 2.75) is 0 Å². The molecule has 0 aliphatic carbocycles. The van der Waals surface area contributed by atoms with Crippen LogP contribution in [0.1, 0.15) is 0 Å². The quantitative estimate of drug-likeness (QED) is 0.619. The molecule has 0 radical (unpaired) electrons. The van der Waals surface area contributed by atoms with Crippen LogP contribution in [0.15, 0.2) is 30.7 Å². The van der Waals surface area contributed by atoms with Crippen LogP contribution < -0.4 is 0 Å². The van der Waals surface area contributed by atoms with E-state index in [4.69, 9.17) is 33.4 Å². The highest BCUT2D eigenvalue weighted by Crippen LogP contribution is 2.24. The van der Waals surface area contributed by atoms with Crippen molar-refractivity contribution in [1.29, 1.82) is 0 Å². The van der Waals surface area contributed by atoms with Gasteiger partial charge in [-0.1, -0.05) is 23.2 Å². The van der Waals surface area contributed by atoms with Crippen molar-refractivity contribution in [3.8, 4) is 11.5 Å². The van der Waals surface area contributed by atoms with E-state index in [0.29, 0.717) is 5.02 Å². The number of halogens is 2. The first kappa shape index (κ1) is 14.9. The Morgan fingerprint density at radius 2 is 1.74 bits per heavy atom. The Morgan fingerprint density at radius 1 is 1.11 bits per heavy atom. The summed E-state index contributed by atoms with van der Waals surface area (Å²) in [6.45, 7) is 0. The molecule has 7 nitrogen and oxygen atoms in total. The molecule has 0 amide bonds. The second-order valence-electron chi connectivity index (χ2n) is 3.11. The lowest BCUT2D eigenvalue weighted by molar-refractivity contribution is -0.390. The van der Waals surface area contributed by atoms with E-state index in [9.17, 15) is 10.1 Å². The van der Waals surface area contributed by atoms with E-state index >= 15 is 0 Å². The molecule has 19 heavy (non-hydrogen) atoms. The number of hydrogen-bond donors (Lipinski definition) is 2. The van der Waals surface area contributed by atoms with Crippen LogP contribution in [0.4, 0.5) is 5.82 Å². The van der Waals surface area contributed by atoms with Gasteiger partial charge in [0.25, 0.3) is 0 Å². The molecule has 2 aromatic heterocycles. The lowest BCUT2D eigenvalue weighted by atomic mass is 10.4. The molecule has 0 bridgehead atoms. The highest BCUT2D eigenvalue weighted by atomic mass is 35.5. The third-order valence-corrected chi connectivity index (χ3v) is 2.09. The summed E-state index contributed by atoms with van der Waals surface area (Å²) in [6, 6.07) is 2.49. The molecular weight excluding hydrogens is 297 g/mol. The van der Waals surface area contributed by atoms with E-state index in [-0.39, 0.29) is 10.8 Å². The van der Waals surface area contributed by atoms with E-state index in [1.165, 1.54) is 18.5 Å². The van der Waals surface area contributed by atoms with Gasteiger partial charge in [0, 0.05) is 18.3 Å². The maximum absolute atomic E-state index is 10.1. The smallest absolute Gasteiger partial charge is 0.406 e. The summed E-state index contributed by atoms with van der Waals surface area (Å²) in [5.41, 5.74) is 0. The van der Waals surface area contributed by atoms with Gasteiger partial charge < -0.3 is 20.3 Å². The van der Waals surface area contributed by atoms with Gasteiger partial charge in [0.05, 0.1) is 16.2 Å². The molecule has 2 rings (SSSR count). The number of aromatic hydroxyl groups is 2. The molecule has 0 atom stereocenters. The first-order valence-corrected chi connectivity index (χ1v) is 5.44. The zero-order chi connectivity index (χ0) is 14.4. The summed E-state index contributed by atoms with van der Waals surface area (Å²) in [6.07, 6.45) is 3.88. The van der Waals surface area contributed by atoms with E-state index in [0.717, 1.165) is 12.3 Å². The minimum atomic E-state index is -0.786. The summed E-state index contributed by atoms with van der Waals surface area (Å²) in [5.74, 6) is -1.02. The second-order valence-corrected chi connectivity index (χ2v) is 3.99. The Bertz CT molecular complexity index is 577. The first-order chi connectivity index (χ1) is 8.90. The Morgan fingerprint density at radius 3 is 2.16 bits per heavy atom. The Labute approximate surface area is 117 Å². The van der Waals surface area contributed by atoms with E-state index in [2.05, 4.69) is 9.97 Å². The highest BCUT2D eigenvalue weighted by molar-refractivity contribution is 6.30. The maximum atomic E-state index is 10.1. The Kier molecular flexibility index (Phi) is 5.28. The van der Waals surface area contributed by atoms with Crippen LogP contribution in [0.5, 0.6) is 11.5 Å². The number of nitro groups is 1. The minimum Gasteiger partial charge on any atom is -0.506 e. The van der Waals surface area contributed by atoms with Crippen LogP contribution in [-0.2, 0) is 0 Å². The largest absolute Gasteiger partial charge is 0.506 e. The summed E-state index contributed by atoms with van der Waals surface area (Å²) in [5, 5.41) is 28.2. The average Bonchev–Trinajstić information content (AvgIpc) is 2.28. The number of aromatic nitrogens is 2.